The van der Waals surface area contributed by atoms with Gasteiger partial charge < -0.3 is 19.9 Å². The highest BCUT2D eigenvalue weighted by Gasteiger charge is 2.06. The quantitative estimate of drug-likeness (QED) is 0.813. The summed E-state index contributed by atoms with van der Waals surface area (Å²) in [6.07, 6.45) is 0. The Morgan fingerprint density at radius 3 is 2.33 bits per heavy atom. The van der Waals surface area contributed by atoms with Crippen molar-refractivity contribution in [1.29, 1.82) is 0 Å². The molecule has 2 N–H and O–H groups in total. The molecule has 0 aliphatic rings. The molecule has 0 amide bonds. The molecule has 0 atom stereocenters. The number of anilines is 1. The highest BCUT2D eigenvalue weighted by molar-refractivity contribution is 5.60. The van der Waals surface area contributed by atoms with Crippen LogP contribution in [-0.4, -0.2) is 18.3 Å². The van der Waals surface area contributed by atoms with Gasteiger partial charge in [-0.2, -0.15) is 0 Å². The van der Waals surface area contributed by atoms with Crippen molar-refractivity contribution in [2.24, 2.45) is 0 Å². The van der Waals surface area contributed by atoms with Gasteiger partial charge in [0.05, 0.1) is 18.9 Å². The number of hydrogen-bond donors (Lipinski definition) is 2. The standard InChI is InChI=1S/C17H21NO3/c1-3-20-15-9-10-17(21-4-2)16(11-15)18-12-13-5-7-14(19)8-6-13/h5-11,18-19H,3-4,12H2,1-2H3. The molecule has 0 radical (unpaired) electrons. The van der Waals surface area contributed by atoms with E-state index in [1.165, 1.54) is 0 Å². The van der Waals surface area contributed by atoms with E-state index in [4.69, 9.17) is 9.47 Å². The first kappa shape index (κ1) is 15.0. The lowest BCUT2D eigenvalue weighted by molar-refractivity contribution is 0.332. The second kappa shape index (κ2) is 7.43. The largest absolute Gasteiger partial charge is 0.508 e. The fraction of sp³-hybridized carbons (Fsp3) is 0.294. The fourth-order valence-corrected chi connectivity index (χ4v) is 2.00. The fourth-order valence-electron chi connectivity index (χ4n) is 2.00. The summed E-state index contributed by atoms with van der Waals surface area (Å²) in [6, 6.07) is 12.9. The van der Waals surface area contributed by atoms with Crippen LogP contribution in [0.15, 0.2) is 42.5 Å². The van der Waals surface area contributed by atoms with Gasteiger partial charge in [-0.05, 0) is 43.7 Å². The van der Waals surface area contributed by atoms with E-state index in [1.807, 2.05) is 44.2 Å². The summed E-state index contributed by atoms with van der Waals surface area (Å²) in [4.78, 5) is 0. The molecule has 0 aromatic heterocycles. The van der Waals surface area contributed by atoms with Crippen molar-refractivity contribution in [2.45, 2.75) is 20.4 Å². The summed E-state index contributed by atoms with van der Waals surface area (Å²) < 4.78 is 11.1. The van der Waals surface area contributed by atoms with Crippen molar-refractivity contribution < 1.29 is 14.6 Å². The third-order valence-electron chi connectivity index (χ3n) is 2.98. The smallest absolute Gasteiger partial charge is 0.142 e. The van der Waals surface area contributed by atoms with Crippen molar-refractivity contribution in [2.75, 3.05) is 18.5 Å². The average Bonchev–Trinajstić information content (AvgIpc) is 2.49. The van der Waals surface area contributed by atoms with E-state index >= 15 is 0 Å². The molecule has 0 fully saturated rings. The molecule has 2 rings (SSSR count). The second-order valence-electron chi connectivity index (χ2n) is 4.54. The van der Waals surface area contributed by atoms with Crippen LogP contribution >= 0.6 is 0 Å². The number of phenols is 1. The van der Waals surface area contributed by atoms with Crippen LogP contribution in [0.3, 0.4) is 0 Å². The van der Waals surface area contributed by atoms with Crippen LogP contribution in [0.1, 0.15) is 19.4 Å². The Morgan fingerprint density at radius 1 is 0.952 bits per heavy atom. The van der Waals surface area contributed by atoms with Crippen molar-refractivity contribution in [1.82, 2.24) is 0 Å². The Morgan fingerprint density at radius 2 is 1.67 bits per heavy atom. The molecule has 4 heteroatoms. The molecule has 0 saturated heterocycles. The van der Waals surface area contributed by atoms with Gasteiger partial charge in [0.2, 0.25) is 0 Å². The summed E-state index contributed by atoms with van der Waals surface area (Å²) in [7, 11) is 0. The maximum absolute atomic E-state index is 9.29. The highest BCUT2D eigenvalue weighted by Crippen LogP contribution is 2.30. The number of aromatic hydroxyl groups is 1. The predicted octanol–water partition coefficient (Wildman–Crippen LogP) is 3.80. The number of ether oxygens (including phenoxy) is 2. The number of nitrogens with one attached hydrogen (secondary N) is 1. The maximum Gasteiger partial charge on any atom is 0.142 e. The van der Waals surface area contributed by atoms with Crippen LogP contribution in [0.4, 0.5) is 5.69 Å². The number of hydrogen-bond acceptors (Lipinski definition) is 4. The summed E-state index contributed by atoms with van der Waals surface area (Å²) in [5.74, 6) is 1.89. The lowest BCUT2D eigenvalue weighted by Gasteiger charge is -2.14. The zero-order chi connectivity index (χ0) is 15.1. The number of rotatable bonds is 7. The number of benzene rings is 2. The monoisotopic (exact) mass is 287 g/mol. The third-order valence-corrected chi connectivity index (χ3v) is 2.98. The summed E-state index contributed by atoms with van der Waals surface area (Å²) in [6.45, 7) is 5.81. The second-order valence-corrected chi connectivity index (χ2v) is 4.54. The molecule has 21 heavy (non-hydrogen) atoms. The first-order chi connectivity index (χ1) is 10.2. The predicted molar refractivity (Wildman–Crippen MR) is 84.2 cm³/mol. The van der Waals surface area contributed by atoms with Crippen molar-refractivity contribution in [3.05, 3.63) is 48.0 Å². The minimum atomic E-state index is 0.270. The molecule has 4 nitrogen and oxygen atoms in total. The van der Waals surface area contributed by atoms with Crippen molar-refractivity contribution in [3.63, 3.8) is 0 Å². The van der Waals surface area contributed by atoms with Crippen LogP contribution in [0.25, 0.3) is 0 Å². The van der Waals surface area contributed by atoms with E-state index < -0.39 is 0 Å². The molecular weight excluding hydrogens is 266 g/mol. The van der Waals surface area contributed by atoms with Crippen molar-refractivity contribution >= 4 is 5.69 Å². The first-order valence-corrected chi connectivity index (χ1v) is 7.14. The molecule has 0 heterocycles. The minimum Gasteiger partial charge on any atom is -0.508 e. The van der Waals surface area contributed by atoms with Gasteiger partial charge in [0.25, 0.3) is 0 Å². The first-order valence-electron chi connectivity index (χ1n) is 7.14. The average molecular weight is 287 g/mol. The Balaban J connectivity index is 2.11. The Hall–Kier alpha value is -2.36. The molecule has 0 bridgehead atoms. The van der Waals surface area contributed by atoms with Gasteiger partial charge in [-0.25, -0.2) is 0 Å². The van der Waals surface area contributed by atoms with Crippen LogP contribution in [-0.2, 0) is 6.54 Å². The molecule has 0 aliphatic carbocycles. The molecule has 0 unspecified atom stereocenters. The van der Waals surface area contributed by atoms with Gasteiger partial charge in [-0.3, -0.25) is 0 Å². The van der Waals surface area contributed by atoms with Gasteiger partial charge >= 0.3 is 0 Å². The lowest BCUT2D eigenvalue weighted by Crippen LogP contribution is -2.03. The SMILES string of the molecule is CCOc1ccc(OCC)c(NCc2ccc(O)cc2)c1. The summed E-state index contributed by atoms with van der Waals surface area (Å²) in [5.41, 5.74) is 1.98. The van der Waals surface area contributed by atoms with Crippen molar-refractivity contribution in [3.8, 4) is 17.2 Å². The Kier molecular flexibility index (Phi) is 5.32. The lowest BCUT2D eigenvalue weighted by atomic mass is 10.2. The number of phenolic OH excluding ortho intramolecular Hbond substituents is 1. The van der Waals surface area contributed by atoms with Crippen LogP contribution in [0.5, 0.6) is 17.2 Å². The van der Waals surface area contributed by atoms with E-state index in [0.717, 1.165) is 22.7 Å². The molecule has 2 aromatic carbocycles. The molecule has 0 saturated carbocycles. The zero-order valence-electron chi connectivity index (χ0n) is 12.4. The van der Waals surface area contributed by atoms with Crippen LogP contribution in [0.2, 0.25) is 0 Å². The topological polar surface area (TPSA) is 50.7 Å². The normalized spacial score (nSPS) is 10.2. The van der Waals surface area contributed by atoms with Gasteiger partial charge in [-0.1, -0.05) is 12.1 Å². The molecule has 0 spiro atoms. The summed E-state index contributed by atoms with van der Waals surface area (Å²) >= 11 is 0. The highest BCUT2D eigenvalue weighted by atomic mass is 16.5. The van der Waals surface area contributed by atoms with Gasteiger partial charge in [0.1, 0.15) is 17.2 Å². The molecular formula is C17H21NO3. The van der Waals surface area contributed by atoms with E-state index in [-0.39, 0.29) is 5.75 Å². The third kappa shape index (κ3) is 4.31. The van der Waals surface area contributed by atoms with Crippen LogP contribution < -0.4 is 14.8 Å². The van der Waals surface area contributed by atoms with Gasteiger partial charge in [0.15, 0.2) is 0 Å². The van der Waals surface area contributed by atoms with E-state index in [1.54, 1.807) is 12.1 Å². The van der Waals surface area contributed by atoms with E-state index in [2.05, 4.69) is 5.32 Å². The minimum absolute atomic E-state index is 0.270. The van der Waals surface area contributed by atoms with Gasteiger partial charge in [-0.15, -0.1) is 0 Å². The Bertz CT molecular complexity index is 567. The van der Waals surface area contributed by atoms with Crippen LogP contribution in [0, 0.1) is 0 Å². The zero-order valence-corrected chi connectivity index (χ0v) is 12.4. The Labute approximate surface area is 125 Å². The maximum atomic E-state index is 9.29. The molecule has 112 valence electrons. The molecule has 2 aromatic rings. The van der Waals surface area contributed by atoms with E-state index in [9.17, 15) is 5.11 Å². The summed E-state index contributed by atoms with van der Waals surface area (Å²) in [5, 5.41) is 12.6. The molecule has 0 aliphatic heterocycles. The van der Waals surface area contributed by atoms with E-state index in [0.29, 0.717) is 19.8 Å². The van der Waals surface area contributed by atoms with Gasteiger partial charge in [0, 0.05) is 12.6 Å².